The van der Waals surface area contributed by atoms with Crippen LogP contribution in [0.25, 0.3) is 10.9 Å². The number of rotatable bonds is 5. The highest BCUT2D eigenvalue weighted by Gasteiger charge is 2.39. The summed E-state index contributed by atoms with van der Waals surface area (Å²) in [7, 11) is 1.48. The molecule has 1 aromatic heterocycles. The van der Waals surface area contributed by atoms with Gasteiger partial charge in [-0.3, -0.25) is 9.59 Å². The van der Waals surface area contributed by atoms with Gasteiger partial charge in [0.2, 0.25) is 5.43 Å². The van der Waals surface area contributed by atoms with Gasteiger partial charge in [-0.15, -0.1) is 0 Å². The quantitative estimate of drug-likeness (QED) is 0.751. The molecular formula is C20H22FN3O5. The van der Waals surface area contributed by atoms with Crippen LogP contribution in [0.2, 0.25) is 0 Å². The Morgan fingerprint density at radius 3 is 2.86 bits per heavy atom. The molecule has 29 heavy (non-hydrogen) atoms. The van der Waals surface area contributed by atoms with Crippen molar-refractivity contribution >= 4 is 23.1 Å². The third kappa shape index (κ3) is 2.96. The predicted molar refractivity (Wildman–Crippen MR) is 103 cm³/mol. The first kappa shape index (κ1) is 18.4. The molecule has 8 nitrogen and oxygen atoms in total. The molecule has 0 bridgehead atoms. The standard InChI is InChI=1S/C20H22FN3O5/c1-27-20-17-12(19(26)16(29-10-25)9-24(17)11-2-3-11)6-13(21)18(20)23-7-14-15(8-23)28-5-4-22-14/h6,9-11,14-15,22H,2-5,7-8H2,1H3/t14-,15+/m0/s1. The van der Waals surface area contributed by atoms with Gasteiger partial charge in [-0.25, -0.2) is 4.39 Å². The number of hydrogen-bond donors (Lipinski definition) is 1. The zero-order chi connectivity index (χ0) is 20.1. The van der Waals surface area contributed by atoms with Crippen molar-refractivity contribution in [2.24, 2.45) is 0 Å². The molecule has 0 unspecified atom stereocenters. The van der Waals surface area contributed by atoms with Crippen LogP contribution in [0.4, 0.5) is 10.1 Å². The van der Waals surface area contributed by atoms with E-state index < -0.39 is 11.2 Å². The van der Waals surface area contributed by atoms with Gasteiger partial charge in [0.1, 0.15) is 5.69 Å². The highest BCUT2D eigenvalue weighted by molar-refractivity contribution is 5.92. The molecule has 5 rings (SSSR count). The van der Waals surface area contributed by atoms with E-state index >= 15 is 4.39 Å². The summed E-state index contributed by atoms with van der Waals surface area (Å²) in [6.45, 7) is 2.74. The van der Waals surface area contributed by atoms with Gasteiger partial charge in [-0.05, 0) is 18.9 Å². The van der Waals surface area contributed by atoms with Crippen LogP contribution in [-0.4, -0.2) is 56.5 Å². The van der Waals surface area contributed by atoms with E-state index in [1.165, 1.54) is 19.4 Å². The van der Waals surface area contributed by atoms with Gasteiger partial charge in [0.25, 0.3) is 6.47 Å². The van der Waals surface area contributed by atoms with Crippen LogP contribution < -0.4 is 25.1 Å². The van der Waals surface area contributed by atoms with Gasteiger partial charge < -0.3 is 29.0 Å². The summed E-state index contributed by atoms with van der Waals surface area (Å²) in [6, 6.07) is 1.51. The average Bonchev–Trinajstić information content (AvgIpc) is 3.47. The number of benzene rings is 1. The summed E-state index contributed by atoms with van der Waals surface area (Å²) >= 11 is 0. The van der Waals surface area contributed by atoms with Crippen LogP contribution in [-0.2, 0) is 9.53 Å². The number of carbonyl (C=O) groups excluding carboxylic acids is 1. The molecule has 9 heteroatoms. The molecule has 0 amide bonds. The Bertz CT molecular complexity index is 1020. The highest BCUT2D eigenvalue weighted by Crippen LogP contribution is 2.44. The van der Waals surface area contributed by atoms with E-state index in [4.69, 9.17) is 14.2 Å². The summed E-state index contributed by atoms with van der Waals surface area (Å²) in [6.07, 6.45) is 3.37. The Hall–Kier alpha value is -2.65. The molecule has 3 aliphatic rings. The summed E-state index contributed by atoms with van der Waals surface area (Å²) in [5, 5.41) is 3.55. The van der Waals surface area contributed by atoms with E-state index in [9.17, 15) is 9.59 Å². The number of halogens is 1. The lowest BCUT2D eigenvalue weighted by molar-refractivity contribution is -0.120. The average molecular weight is 403 g/mol. The maximum absolute atomic E-state index is 15.3. The zero-order valence-corrected chi connectivity index (χ0v) is 16.0. The van der Waals surface area contributed by atoms with Gasteiger partial charge in [0.15, 0.2) is 17.3 Å². The Labute approximate surface area is 166 Å². The maximum Gasteiger partial charge on any atom is 0.298 e. The van der Waals surface area contributed by atoms with Crippen LogP contribution in [0.3, 0.4) is 0 Å². The summed E-state index contributed by atoms with van der Waals surface area (Å²) < 4.78 is 33.5. The fourth-order valence-corrected chi connectivity index (χ4v) is 4.46. The molecule has 0 spiro atoms. The Morgan fingerprint density at radius 2 is 2.17 bits per heavy atom. The molecule has 1 aliphatic carbocycles. The van der Waals surface area contributed by atoms with Crippen molar-refractivity contribution in [2.75, 3.05) is 38.3 Å². The number of anilines is 1. The normalized spacial score (nSPS) is 23.9. The van der Waals surface area contributed by atoms with Crippen molar-refractivity contribution in [3.8, 4) is 11.5 Å². The third-order valence-electron chi connectivity index (χ3n) is 5.91. The number of fused-ring (bicyclic) bond motifs is 2. The largest absolute Gasteiger partial charge is 0.492 e. The maximum atomic E-state index is 15.3. The first-order valence-electron chi connectivity index (χ1n) is 9.78. The van der Waals surface area contributed by atoms with Crippen molar-refractivity contribution < 1.29 is 23.4 Å². The van der Waals surface area contributed by atoms with Gasteiger partial charge in [0.05, 0.1) is 43.0 Å². The molecule has 0 radical (unpaired) electrons. The molecule has 1 saturated carbocycles. The number of morpholine rings is 1. The van der Waals surface area contributed by atoms with Crippen molar-refractivity contribution in [1.29, 1.82) is 0 Å². The van der Waals surface area contributed by atoms with Crippen molar-refractivity contribution in [3.63, 3.8) is 0 Å². The molecule has 2 atom stereocenters. The van der Waals surface area contributed by atoms with Crippen molar-refractivity contribution in [2.45, 2.75) is 31.0 Å². The zero-order valence-electron chi connectivity index (χ0n) is 16.0. The van der Waals surface area contributed by atoms with Crippen LogP contribution >= 0.6 is 0 Å². The fraction of sp³-hybridized carbons (Fsp3) is 0.500. The van der Waals surface area contributed by atoms with Gasteiger partial charge in [-0.2, -0.15) is 0 Å². The van der Waals surface area contributed by atoms with E-state index in [0.717, 1.165) is 19.4 Å². The Kier molecular flexibility index (Phi) is 4.44. The molecule has 2 aromatic rings. The predicted octanol–water partition coefficient (Wildman–Crippen LogP) is 1.20. The third-order valence-corrected chi connectivity index (χ3v) is 5.91. The summed E-state index contributed by atoms with van der Waals surface area (Å²) in [5.41, 5.74) is 0.323. The monoisotopic (exact) mass is 403 g/mol. The van der Waals surface area contributed by atoms with Crippen LogP contribution in [0.5, 0.6) is 11.5 Å². The fourth-order valence-electron chi connectivity index (χ4n) is 4.46. The van der Waals surface area contributed by atoms with Crippen LogP contribution in [0, 0.1) is 5.82 Å². The molecule has 1 aromatic carbocycles. The number of hydrogen-bond acceptors (Lipinski definition) is 7. The molecule has 154 valence electrons. The molecule has 3 fully saturated rings. The van der Waals surface area contributed by atoms with Crippen LogP contribution in [0.1, 0.15) is 18.9 Å². The van der Waals surface area contributed by atoms with Gasteiger partial charge >= 0.3 is 0 Å². The lowest BCUT2D eigenvalue weighted by atomic mass is 10.1. The molecular weight excluding hydrogens is 381 g/mol. The number of pyridine rings is 1. The molecule has 2 saturated heterocycles. The number of aromatic nitrogens is 1. The summed E-state index contributed by atoms with van der Waals surface area (Å²) in [5.74, 6) is -0.339. The first-order chi connectivity index (χ1) is 14.1. The minimum atomic E-state index is -0.546. The summed E-state index contributed by atoms with van der Waals surface area (Å²) in [4.78, 5) is 25.5. The van der Waals surface area contributed by atoms with Crippen molar-refractivity contribution in [1.82, 2.24) is 9.88 Å². The van der Waals surface area contributed by atoms with Gasteiger partial charge in [-0.1, -0.05) is 0 Å². The minimum absolute atomic E-state index is 0.0162. The van der Waals surface area contributed by atoms with Crippen molar-refractivity contribution in [3.05, 3.63) is 28.3 Å². The lowest BCUT2D eigenvalue weighted by Gasteiger charge is -2.25. The SMILES string of the molecule is COc1c(N2C[C@@H]3NCCO[C@@H]3C2)c(F)cc2c(=O)c(OC=O)cn(C3CC3)c12. The number of carbonyl (C=O) groups is 1. The van der Waals surface area contributed by atoms with E-state index in [1.807, 2.05) is 9.47 Å². The second kappa shape index (κ2) is 7.00. The highest BCUT2D eigenvalue weighted by atomic mass is 19.1. The first-order valence-corrected chi connectivity index (χ1v) is 9.78. The van der Waals surface area contributed by atoms with E-state index in [1.54, 1.807) is 0 Å². The van der Waals surface area contributed by atoms with E-state index in [2.05, 4.69) is 5.32 Å². The number of nitrogens with one attached hydrogen (secondary N) is 1. The number of ether oxygens (including phenoxy) is 3. The van der Waals surface area contributed by atoms with E-state index in [-0.39, 0.29) is 35.8 Å². The second-order valence-electron chi connectivity index (χ2n) is 7.69. The van der Waals surface area contributed by atoms with E-state index in [0.29, 0.717) is 36.6 Å². The Morgan fingerprint density at radius 1 is 1.34 bits per heavy atom. The molecule has 3 heterocycles. The van der Waals surface area contributed by atoms with Gasteiger partial charge in [0, 0.05) is 25.7 Å². The molecule has 2 aliphatic heterocycles. The number of nitrogens with zero attached hydrogens (tertiary/aromatic N) is 2. The molecule has 1 N–H and O–H groups in total. The van der Waals surface area contributed by atoms with Crippen LogP contribution in [0.15, 0.2) is 17.1 Å². The number of methoxy groups -OCH3 is 1. The minimum Gasteiger partial charge on any atom is -0.492 e. The smallest absolute Gasteiger partial charge is 0.298 e. The topological polar surface area (TPSA) is 82.0 Å². The lowest BCUT2D eigenvalue weighted by Crippen LogP contribution is -2.47. The Balaban J connectivity index is 1.71. The second-order valence-corrected chi connectivity index (χ2v) is 7.69.